The molecule has 1 aromatic rings. The summed E-state index contributed by atoms with van der Waals surface area (Å²) >= 11 is 0. The number of hydrogen-bond acceptors (Lipinski definition) is 2. The number of hydrogen-bond donors (Lipinski definition) is 1. The van der Waals surface area contributed by atoms with Gasteiger partial charge in [-0.2, -0.15) is 0 Å². The molecule has 2 aliphatic rings. The number of anilines is 1. The lowest BCUT2D eigenvalue weighted by atomic mass is 9.78. The van der Waals surface area contributed by atoms with Crippen molar-refractivity contribution in [2.75, 3.05) is 18.5 Å². The zero-order valence-electron chi connectivity index (χ0n) is 11.5. The van der Waals surface area contributed by atoms with Crippen LogP contribution in [0.25, 0.3) is 0 Å². The number of rotatable bonds is 2. The molecule has 3 heteroatoms. The Morgan fingerprint density at radius 1 is 1.26 bits per heavy atom. The molecule has 0 unspecified atom stereocenters. The fourth-order valence-corrected chi connectivity index (χ4v) is 3.69. The lowest BCUT2D eigenvalue weighted by Crippen LogP contribution is -2.33. The predicted molar refractivity (Wildman–Crippen MR) is 75.8 cm³/mol. The van der Waals surface area contributed by atoms with Gasteiger partial charge in [0.25, 0.3) is 0 Å². The highest BCUT2D eigenvalue weighted by atomic mass is 16.4. The lowest BCUT2D eigenvalue weighted by Gasteiger charge is -2.31. The van der Waals surface area contributed by atoms with Crippen molar-refractivity contribution < 1.29 is 9.90 Å². The third-order valence-corrected chi connectivity index (χ3v) is 4.85. The van der Waals surface area contributed by atoms with Gasteiger partial charge in [0.05, 0.1) is 5.41 Å². The van der Waals surface area contributed by atoms with Crippen LogP contribution in [0.15, 0.2) is 18.2 Å². The number of carboxylic acids is 1. The Bertz CT molecular complexity index is 503. The summed E-state index contributed by atoms with van der Waals surface area (Å²) in [7, 11) is 2.11. The summed E-state index contributed by atoms with van der Waals surface area (Å²) in [6, 6.07) is 6.32. The first-order chi connectivity index (χ1) is 9.13. The number of benzene rings is 1. The van der Waals surface area contributed by atoms with Crippen LogP contribution in [0.4, 0.5) is 5.69 Å². The summed E-state index contributed by atoms with van der Waals surface area (Å²) in [5, 5.41) is 9.66. The summed E-state index contributed by atoms with van der Waals surface area (Å²) in [6.07, 6.45) is 5.87. The number of carboxylic acid groups (broad SMARTS) is 1. The van der Waals surface area contributed by atoms with Gasteiger partial charge in [0.1, 0.15) is 0 Å². The van der Waals surface area contributed by atoms with E-state index in [1.165, 1.54) is 11.3 Å². The van der Waals surface area contributed by atoms with E-state index in [1.807, 2.05) is 6.07 Å². The average molecular weight is 259 g/mol. The van der Waals surface area contributed by atoms with Crippen LogP contribution in [0.2, 0.25) is 0 Å². The van der Waals surface area contributed by atoms with E-state index in [2.05, 4.69) is 24.1 Å². The van der Waals surface area contributed by atoms with Crippen molar-refractivity contribution in [1.29, 1.82) is 0 Å². The number of carbonyl (C=O) groups is 1. The molecule has 19 heavy (non-hydrogen) atoms. The molecular formula is C16H21NO2. The smallest absolute Gasteiger partial charge is 0.314 e. The van der Waals surface area contributed by atoms with Gasteiger partial charge < -0.3 is 10.0 Å². The Morgan fingerprint density at radius 3 is 2.68 bits per heavy atom. The van der Waals surface area contributed by atoms with E-state index in [4.69, 9.17) is 0 Å². The molecule has 3 nitrogen and oxygen atoms in total. The second-order valence-electron chi connectivity index (χ2n) is 5.96. The molecule has 1 fully saturated rings. The molecule has 0 saturated heterocycles. The second-order valence-corrected chi connectivity index (χ2v) is 5.96. The van der Waals surface area contributed by atoms with Crippen LogP contribution in [-0.4, -0.2) is 24.7 Å². The molecule has 102 valence electrons. The Balaban J connectivity index is 2.04. The van der Waals surface area contributed by atoms with Crippen LogP contribution in [0, 0.1) is 0 Å². The molecule has 0 spiro atoms. The van der Waals surface area contributed by atoms with Gasteiger partial charge >= 0.3 is 5.97 Å². The van der Waals surface area contributed by atoms with Crippen LogP contribution < -0.4 is 4.90 Å². The molecule has 0 amide bonds. The van der Waals surface area contributed by atoms with Crippen LogP contribution in [0.1, 0.15) is 43.2 Å². The van der Waals surface area contributed by atoms with E-state index in [9.17, 15) is 9.90 Å². The normalized spacial score (nSPS) is 21.2. The van der Waals surface area contributed by atoms with Crippen LogP contribution >= 0.6 is 0 Å². The minimum atomic E-state index is -0.644. The maximum absolute atomic E-state index is 11.7. The maximum atomic E-state index is 11.7. The zero-order valence-corrected chi connectivity index (χ0v) is 11.5. The van der Waals surface area contributed by atoms with E-state index in [0.29, 0.717) is 0 Å². The lowest BCUT2D eigenvalue weighted by molar-refractivity contribution is -0.143. The van der Waals surface area contributed by atoms with Gasteiger partial charge in [-0.25, -0.2) is 0 Å². The molecule has 0 radical (unpaired) electrons. The Hall–Kier alpha value is -1.51. The average Bonchev–Trinajstić information content (AvgIpc) is 2.89. The zero-order chi connectivity index (χ0) is 13.5. The fraction of sp³-hybridized carbons (Fsp3) is 0.562. The van der Waals surface area contributed by atoms with Crippen molar-refractivity contribution in [2.45, 2.75) is 43.9 Å². The van der Waals surface area contributed by atoms with Crippen molar-refractivity contribution in [3.05, 3.63) is 29.3 Å². The first-order valence-corrected chi connectivity index (χ1v) is 7.21. The number of nitrogens with zero attached hydrogens (tertiary/aromatic N) is 1. The number of aliphatic carboxylic acids is 1. The molecular weight excluding hydrogens is 238 g/mol. The Kier molecular flexibility index (Phi) is 3.00. The van der Waals surface area contributed by atoms with Gasteiger partial charge in [0.15, 0.2) is 0 Å². The Morgan fingerprint density at radius 2 is 2.00 bits per heavy atom. The van der Waals surface area contributed by atoms with Crippen LogP contribution in [0.5, 0.6) is 0 Å². The fourth-order valence-electron chi connectivity index (χ4n) is 3.69. The van der Waals surface area contributed by atoms with Gasteiger partial charge in [-0.15, -0.1) is 0 Å². The van der Waals surface area contributed by atoms with Gasteiger partial charge in [-0.1, -0.05) is 25.0 Å². The summed E-state index contributed by atoms with van der Waals surface area (Å²) in [5.74, 6) is -0.644. The summed E-state index contributed by atoms with van der Waals surface area (Å²) in [6.45, 7) is 1.09. The molecule has 1 aliphatic carbocycles. The van der Waals surface area contributed by atoms with Crippen molar-refractivity contribution in [1.82, 2.24) is 0 Å². The van der Waals surface area contributed by atoms with Gasteiger partial charge in [-0.05, 0) is 42.9 Å². The van der Waals surface area contributed by atoms with Gasteiger partial charge in [-0.3, -0.25) is 4.79 Å². The number of fused-ring (bicyclic) bond motifs is 1. The molecule has 1 saturated carbocycles. The highest BCUT2D eigenvalue weighted by Gasteiger charge is 2.43. The van der Waals surface area contributed by atoms with E-state index >= 15 is 0 Å². The molecule has 1 N–H and O–H groups in total. The third kappa shape index (κ3) is 1.92. The van der Waals surface area contributed by atoms with E-state index in [-0.39, 0.29) is 0 Å². The topological polar surface area (TPSA) is 40.5 Å². The van der Waals surface area contributed by atoms with E-state index < -0.39 is 11.4 Å². The van der Waals surface area contributed by atoms with E-state index in [0.717, 1.165) is 50.6 Å². The maximum Gasteiger partial charge on any atom is 0.314 e. The monoisotopic (exact) mass is 259 g/mol. The standard InChI is InChI=1S/C16H21NO2/c1-17-10-4-5-12-11-13(6-7-14(12)17)16(15(18)19)8-2-3-9-16/h6-7,11H,2-5,8-10H2,1H3,(H,18,19). The van der Waals surface area contributed by atoms with Crippen LogP contribution in [0.3, 0.4) is 0 Å². The van der Waals surface area contributed by atoms with Crippen molar-refractivity contribution in [3.8, 4) is 0 Å². The second kappa shape index (κ2) is 4.55. The summed E-state index contributed by atoms with van der Waals surface area (Å²) < 4.78 is 0. The van der Waals surface area contributed by atoms with Crippen LogP contribution in [-0.2, 0) is 16.6 Å². The molecule has 1 heterocycles. The largest absolute Gasteiger partial charge is 0.481 e. The molecule has 0 bridgehead atoms. The number of aryl methyl sites for hydroxylation is 1. The minimum Gasteiger partial charge on any atom is -0.481 e. The molecule has 1 aliphatic heterocycles. The molecule has 1 aromatic carbocycles. The van der Waals surface area contributed by atoms with E-state index in [1.54, 1.807) is 0 Å². The van der Waals surface area contributed by atoms with Crippen molar-refractivity contribution >= 4 is 11.7 Å². The third-order valence-electron chi connectivity index (χ3n) is 4.85. The van der Waals surface area contributed by atoms with Gasteiger partial charge in [0, 0.05) is 19.3 Å². The highest BCUT2D eigenvalue weighted by molar-refractivity contribution is 5.82. The first kappa shape index (κ1) is 12.5. The van der Waals surface area contributed by atoms with Gasteiger partial charge in [0.2, 0.25) is 0 Å². The summed E-state index contributed by atoms with van der Waals surface area (Å²) in [5.41, 5.74) is 2.99. The first-order valence-electron chi connectivity index (χ1n) is 7.21. The Labute approximate surface area is 114 Å². The van der Waals surface area contributed by atoms with Crippen molar-refractivity contribution in [3.63, 3.8) is 0 Å². The highest BCUT2D eigenvalue weighted by Crippen LogP contribution is 2.43. The summed E-state index contributed by atoms with van der Waals surface area (Å²) in [4.78, 5) is 14.0. The predicted octanol–water partition coefficient (Wildman–Crippen LogP) is 2.97. The SMILES string of the molecule is CN1CCCc2cc(C3(C(=O)O)CCCC3)ccc21. The quantitative estimate of drug-likeness (QED) is 0.887. The molecule has 0 aromatic heterocycles. The molecule has 0 atom stereocenters. The minimum absolute atomic E-state index is 0.620. The van der Waals surface area contributed by atoms with Crippen molar-refractivity contribution in [2.24, 2.45) is 0 Å². The molecule has 3 rings (SSSR count).